The maximum absolute atomic E-state index is 15.3. The number of amides is 1. The molecule has 3 aromatic carbocycles. The maximum atomic E-state index is 15.3. The summed E-state index contributed by atoms with van der Waals surface area (Å²) >= 11 is 0. The summed E-state index contributed by atoms with van der Waals surface area (Å²) in [6.45, 7) is 3.39. The van der Waals surface area contributed by atoms with Gasteiger partial charge in [-0.15, -0.1) is 0 Å². The van der Waals surface area contributed by atoms with E-state index >= 15 is 8.78 Å². The fraction of sp³-hybridized carbons (Fsp3) is 0.276. The number of anilines is 1. The second-order valence-electron chi connectivity index (χ2n) is 10.3. The molecule has 0 bridgehead atoms. The van der Waals surface area contributed by atoms with Crippen molar-refractivity contribution in [2.24, 2.45) is 0 Å². The van der Waals surface area contributed by atoms with Gasteiger partial charge >= 0.3 is 6.09 Å². The number of carbonyl (C=O) groups is 1. The minimum Gasteiger partial charge on any atom is -0.489 e. The Morgan fingerprint density at radius 2 is 1.95 bits per heavy atom. The number of rotatable bonds is 3. The normalized spacial score (nSPS) is 16.6. The van der Waals surface area contributed by atoms with Gasteiger partial charge in [0.15, 0.2) is 0 Å². The van der Waals surface area contributed by atoms with Crippen molar-refractivity contribution in [1.29, 1.82) is 5.26 Å². The predicted octanol–water partition coefficient (Wildman–Crippen LogP) is 4.62. The van der Waals surface area contributed by atoms with Crippen LogP contribution in [-0.2, 0) is 0 Å². The summed E-state index contributed by atoms with van der Waals surface area (Å²) < 4.78 is 41.7. The Morgan fingerprint density at radius 1 is 1.18 bits per heavy atom. The van der Waals surface area contributed by atoms with Crippen LogP contribution >= 0.6 is 0 Å². The molecule has 0 spiro atoms. The Morgan fingerprint density at radius 3 is 2.67 bits per heavy atom. The van der Waals surface area contributed by atoms with Crippen molar-refractivity contribution in [2.75, 3.05) is 52.3 Å². The smallest absolute Gasteiger partial charge is 0.414 e. The molecule has 1 unspecified atom stereocenters. The molecule has 6 rings (SSSR count). The van der Waals surface area contributed by atoms with Crippen LogP contribution in [-0.4, -0.2) is 79.5 Å². The van der Waals surface area contributed by atoms with Gasteiger partial charge in [0.1, 0.15) is 35.4 Å². The summed E-state index contributed by atoms with van der Waals surface area (Å²) in [6.07, 6.45) is -0.772. The van der Waals surface area contributed by atoms with E-state index in [2.05, 4.69) is 27.0 Å². The number of halogens is 2. The number of aromatic nitrogens is 2. The Balaban J connectivity index is 1.40. The Hall–Kier alpha value is -4.69. The van der Waals surface area contributed by atoms with Gasteiger partial charge in [-0.2, -0.15) is 10.4 Å². The molecule has 3 heterocycles. The number of nitrogens with zero attached hydrogens (tertiary/aromatic N) is 5. The van der Waals surface area contributed by atoms with Crippen molar-refractivity contribution in [3.05, 3.63) is 59.7 Å². The summed E-state index contributed by atoms with van der Waals surface area (Å²) in [5, 5.41) is 17.8. The number of H-pyrrole nitrogens is 1. The van der Waals surface area contributed by atoms with Crippen molar-refractivity contribution in [1.82, 2.24) is 20.0 Å². The lowest BCUT2D eigenvalue weighted by Crippen LogP contribution is -2.56. The third-order valence-electron chi connectivity index (χ3n) is 7.34. The molecular weight excluding hydrogens is 518 g/mol. The van der Waals surface area contributed by atoms with Gasteiger partial charge in [0.25, 0.3) is 0 Å². The van der Waals surface area contributed by atoms with Crippen molar-refractivity contribution in [2.45, 2.75) is 6.04 Å². The zero-order valence-corrected chi connectivity index (χ0v) is 22.2. The van der Waals surface area contributed by atoms with E-state index in [0.717, 1.165) is 53.7 Å². The van der Waals surface area contributed by atoms with E-state index in [-0.39, 0.29) is 22.9 Å². The van der Waals surface area contributed by atoms with Gasteiger partial charge in [-0.3, -0.25) is 5.10 Å². The number of likely N-dealkylation sites (N-methyl/N-ethyl adjacent to an activating group) is 1. The topological polar surface area (TPSA) is 97.7 Å². The summed E-state index contributed by atoms with van der Waals surface area (Å²) in [7, 11) is 5.02. The number of fused-ring (bicyclic) bond motifs is 4. The van der Waals surface area contributed by atoms with Crippen LogP contribution in [0.15, 0.2) is 42.5 Å². The number of nitrogens with one attached hydrogen (secondary N) is 1. The van der Waals surface area contributed by atoms with Crippen LogP contribution in [0.1, 0.15) is 5.56 Å². The van der Waals surface area contributed by atoms with Crippen LogP contribution in [0.25, 0.3) is 33.3 Å². The lowest BCUT2D eigenvalue weighted by atomic mass is 9.95. The third-order valence-corrected chi connectivity index (χ3v) is 7.34. The van der Waals surface area contributed by atoms with Gasteiger partial charge in [0.2, 0.25) is 0 Å². The highest BCUT2D eigenvalue weighted by atomic mass is 19.1. The number of aromatic amines is 1. The molecule has 0 aliphatic carbocycles. The predicted molar refractivity (Wildman–Crippen MR) is 145 cm³/mol. The van der Waals surface area contributed by atoms with E-state index < -0.39 is 23.3 Å². The minimum absolute atomic E-state index is 0.0626. The van der Waals surface area contributed by atoms with E-state index in [9.17, 15) is 10.1 Å². The Labute approximate surface area is 229 Å². The number of ether oxygens (including phenoxy) is 2. The molecular formula is C29H26F2N6O3. The first-order valence-electron chi connectivity index (χ1n) is 12.8. The van der Waals surface area contributed by atoms with Crippen molar-refractivity contribution in [3.63, 3.8) is 0 Å². The van der Waals surface area contributed by atoms with Gasteiger partial charge in [-0.05, 0) is 31.3 Å². The van der Waals surface area contributed by atoms with Gasteiger partial charge in [-0.25, -0.2) is 13.6 Å². The van der Waals surface area contributed by atoms with Gasteiger partial charge in [0, 0.05) is 62.4 Å². The van der Waals surface area contributed by atoms with E-state index in [1.807, 2.05) is 24.3 Å². The molecule has 1 saturated heterocycles. The van der Waals surface area contributed by atoms with E-state index in [0.29, 0.717) is 23.2 Å². The second-order valence-corrected chi connectivity index (χ2v) is 10.3. The first-order valence-corrected chi connectivity index (χ1v) is 12.8. The molecule has 1 fully saturated rings. The first-order chi connectivity index (χ1) is 19.2. The van der Waals surface area contributed by atoms with E-state index in [1.165, 1.54) is 20.2 Å². The van der Waals surface area contributed by atoms with Crippen LogP contribution in [0.5, 0.6) is 11.5 Å². The standard InChI is InChI=1S/C29H26F2N6O3/c1-35(2)29(38)40-19-10-22(30)27(23(31)11-19)20-12-21-24(8-17(20)13-32)33-34-28(21)16-4-5-25-26(9-16)39-15-18-14-36(3)6-7-37(18)25/h4-5,8-12,18H,6-7,14-15H2,1-3H3,(H,33,34). The highest BCUT2D eigenvalue weighted by Gasteiger charge is 2.32. The average molecular weight is 545 g/mol. The number of hydrogen-bond donors (Lipinski definition) is 1. The van der Waals surface area contributed by atoms with Crippen LogP contribution in [0.4, 0.5) is 19.3 Å². The number of nitriles is 1. The van der Waals surface area contributed by atoms with Crippen LogP contribution in [0.3, 0.4) is 0 Å². The van der Waals surface area contributed by atoms with Gasteiger partial charge in [0.05, 0.1) is 34.4 Å². The summed E-state index contributed by atoms with van der Waals surface area (Å²) in [5.41, 5.74) is 2.63. The molecule has 0 saturated carbocycles. The van der Waals surface area contributed by atoms with Crippen molar-refractivity contribution in [3.8, 4) is 40.0 Å². The summed E-state index contributed by atoms with van der Waals surface area (Å²) in [6, 6.07) is 13.1. The SMILES string of the molecule is CN1CCN2c3ccc(-c4n[nH]c5cc(C#N)c(-c6c(F)cc(OC(=O)N(C)C)cc6F)cc45)cc3OCC2C1. The zero-order chi connectivity index (χ0) is 28.1. The molecule has 1 amide bonds. The molecule has 0 radical (unpaired) electrons. The number of carbonyl (C=O) groups excluding carboxylic acids is 1. The molecule has 9 nitrogen and oxygen atoms in total. The van der Waals surface area contributed by atoms with Crippen LogP contribution in [0, 0.1) is 23.0 Å². The first kappa shape index (κ1) is 25.6. The number of benzene rings is 3. The molecule has 40 heavy (non-hydrogen) atoms. The monoisotopic (exact) mass is 544 g/mol. The van der Waals surface area contributed by atoms with Crippen molar-refractivity contribution >= 4 is 22.7 Å². The quantitative estimate of drug-likeness (QED) is 0.402. The van der Waals surface area contributed by atoms with Gasteiger partial charge in [-0.1, -0.05) is 6.07 Å². The molecule has 1 aromatic heterocycles. The highest BCUT2D eigenvalue weighted by Crippen LogP contribution is 2.41. The fourth-order valence-electron chi connectivity index (χ4n) is 5.31. The van der Waals surface area contributed by atoms with Gasteiger partial charge < -0.3 is 24.2 Å². The highest BCUT2D eigenvalue weighted by molar-refractivity contribution is 5.98. The molecule has 2 aliphatic rings. The van der Waals surface area contributed by atoms with E-state index in [4.69, 9.17) is 9.47 Å². The molecule has 4 aromatic rings. The Bertz CT molecular complexity index is 1670. The lowest BCUT2D eigenvalue weighted by Gasteiger charge is -2.44. The zero-order valence-electron chi connectivity index (χ0n) is 22.2. The molecule has 1 atom stereocenters. The molecule has 204 valence electrons. The maximum Gasteiger partial charge on any atom is 0.414 e. The molecule has 1 N–H and O–H groups in total. The van der Waals surface area contributed by atoms with Crippen molar-refractivity contribution < 1.29 is 23.0 Å². The molecule has 2 aliphatic heterocycles. The number of piperazine rings is 1. The van der Waals surface area contributed by atoms with E-state index in [1.54, 1.807) is 6.07 Å². The van der Waals surface area contributed by atoms with Crippen LogP contribution in [0.2, 0.25) is 0 Å². The number of hydrogen-bond acceptors (Lipinski definition) is 7. The third kappa shape index (κ3) is 4.36. The van der Waals surface area contributed by atoms with Crippen LogP contribution < -0.4 is 14.4 Å². The minimum atomic E-state index is -0.966. The Kier molecular flexibility index (Phi) is 6.27. The second kappa shape index (κ2) is 9.81. The summed E-state index contributed by atoms with van der Waals surface area (Å²) in [5.74, 6) is -1.46. The average Bonchev–Trinajstić information content (AvgIpc) is 3.34. The lowest BCUT2D eigenvalue weighted by molar-refractivity contribution is 0.171. The summed E-state index contributed by atoms with van der Waals surface area (Å²) in [4.78, 5) is 17.6. The fourth-order valence-corrected chi connectivity index (χ4v) is 5.31. The molecule has 11 heteroatoms. The largest absolute Gasteiger partial charge is 0.489 e.